The van der Waals surface area contributed by atoms with Crippen molar-refractivity contribution in [3.63, 3.8) is 0 Å². The van der Waals surface area contributed by atoms with E-state index >= 15 is 0 Å². The predicted octanol–water partition coefficient (Wildman–Crippen LogP) is 2.58. The van der Waals surface area contributed by atoms with Crippen molar-refractivity contribution in [2.24, 2.45) is 11.8 Å². The summed E-state index contributed by atoms with van der Waals surface area (Å²) < 4.78 is 38.2. The van der Waals surface area contributed by atoms with Gasteiger partial charge in [0.25, 0.3) is 5.91 Å². The highest BCUT2D eigenvalue weighted by Gasteiger charge is 2.33. The second kappa shape index (κ2) is 10.3. The van der Waals surface area contributed by atoms with Crippen molar-refractivity contribution in [3.05, 3.63) is 29.8 Å². The van der Waals surface area contributed by atoms with Gasteiger partial charge in [0.05, 0.1) is 22.7 Å². The summed E-state index contributed by atoms with van der Waals surface area (Å²) in [5.41, 5.74) is 0.0906. The summed E-state index contributed by atoms with van der Waals surface area (Å²) in [6.45, 7) is 8.06. The Morgan fingerprint density at radius 1 is 1.12 bits per heavy atom. The molecule has 1 heterocycles. The van der Waals surface area contributed by atoms with Gasteiger partial charge in [-0.1, -0.05) is 32.8 Å². The highest BCUT2D eigenvalue weighted by atomic mass is 32.2. The van der Waals surface area contributed by atoms with Gasteiger partial charge in [-0.2, -0.15) is 4.31 Å². The summed E-state index contributed by atoms with van der Waals surface area (Å²) in [5.74, 6) is -0.162. The van der Waals surface area contributed by atoms with Crippen molar-refractivity contribution < 1.29 is 27.5 Å². The second-order valence-corrected chi connectivity index (χ2v) is 11.1. The van der Waals surface area contributed by atoms with E-state index in [1.165, 1.54) is 28.6 Å². The van der Waals surface area contributed by atoms with Gasteiger partial charge in [-0.3, -0.25) is 4.79 Å². The molecule has 0 bridgehead atoms. The second-order valence-electron chi connectivity index (χ2n) is 9.12. The van der Waals surface area contributed by atoms with Crippen LogP contribution in [-0.4, -0.2) is 62.5 Å². The largest absolute Gasteiger partial charge is 0.452 e. The molecule has 0 spiro atoms. The molecule has 8 nitrogen and oxygen atoms in total. The summed E-state index contributed by atoms with van der Waals surface area (Å²) >= 11 is 0. The Hall–Kier alpha value is -1.97. The first kappa shape index (κ1) is 24.7. The molecule has 1 aliphatic heterocycles. The maximum Gasteiger partial charge on any atom is 0.338 e. The van der Waals surface area contributed by atoms with E-state index in [2.05, 4.69) is 19.2 Å². The van der Waals surface area contributed by atoms with Crippen molar-refractivity contribution in [3.8, 4) is 0 Å². The number of esters is 1. The van der Waals surface area contributed by atoms with Crippen molar-refractivity contribution in [1.29, 1.82) is 0 Å². The van der Waals surface area contributed by atoms with Crippen LogP contribution in [0.5, 0.6) is 0 Å². The topological polar surface area (TPSA) is 102 Å². The van der Waals surface area contributed by atoms with E-state index in [0.29, 0.717) is 11.8 Å². The molecule has 5 atom stereocenters. The Kier molecular flexibility index (Phi) is 7.95. The summed E-state index contributed by atoms with van der Waals surface area (Å²) in [7, 11) is -3.78. The van der Waals surface area contributed by atoms with Gasteiger partial charge >= 0.3 is 5.97 Å². The third kappa shape index (κ3) is 5.88. The molecule has 1 amide bonds. The molecular formula is C23H34N2O6S. The SMILES string of the molecule is C[C@@H]1[C@@H](C)CCC[C@H]1NC(=O)COC(=O)c1cccc(S(=O)(=O)N2C[C@@H](C)O[C@@H](C)C2)c1. The molecular weight excluding hydrogens is 432 g/mol. The Labute approximate surface area is 190 Å². The lowest BCUT2D eigenvalue weighted by molar-refractivity contribution is -0.125. The molecule has 1 aromatic carbocycles. The smallest absolute Gasteiger partial charge is 0.338 e. The Morgan fingerprint density at radius 3 is 2.50 bits per heavy atom. The fourth-order valence-electron chi connectivity index (χ4n) is 4.51. The van der Waals surface area contributed by atoms with Gasteiger partial charge in [-0.05, 0) is 50.3 Å². The molecule has 32 heavy (non-hydrogen) atoms. The average molecular weight is 467 g/mol. The third-order valence-corrected chi connectivity index (χ3v) is 8.31. The molecule has 1 N–H and O–H groups in total. The number of nitrogens with one attached hydrogen (secondary N) is 1. The van der Waals surface area contributed by atoms with Gasteiger partial charge in [0.15, 0.2) is 6.61 Å². The van der Waals surface area contributed by atoms with Gasteiger partial charge in [0.2, 0.25) is 10.0 Å². The molecule has 9 heteroatoms. The van der Waals surface area contributed by atoms with E-state index in [0.717, 1.165) is 19.3 Å². The Bertz CT molecular complexity index is 924. The molecule has 1 saturated carbocycles. The number of ether oxygens (including phenoxy) is 2. The zero-order valence-corrected chi connectivity index (χ0v) is 20.1. The molecule has 2 fully saturated rings. The fraction of sp³-hybridized carbons (Fsp3) is 0.652. The minimum atomic E-state index is -3.78. The molecule has 1 aromatic rings. The summed E-state index contributed by atoms with van der Waals surface area (Å²) in [6.07, 6.45) is 2.72. The minimum Gasteiger partial charge on any atom is -0.452 e. The monoisotopic (exact) mass is 466 g/mol. The van der Waals surface area contributed by atoms with Crippen LogP contribution < -0.4 is 5.32 Å². The van der Waals surface area contributed by atoms with Crippen LogP contribution in [-0.2, 0) is 24.3 Å². The molecule has 0 radical (unpaired) electrons. The molecule has 178 valence electrons. The minimum absolute atomic E-state index is 0.0164. The zero-order valence-electron chi connectivity index (χ0n) is 19.2. The lowest BCUT2D eigenvalue weighted by atomic mass is 9.78. The van der Waals surface area contributed by atoms with Gasteiger partial charge < -0.3 is 14.8 Å². The highest BCUT2D eigenvalue weighted by Crippen LogP contribution is 2.29. The van der Waals surface area contributed by atoms with Crippen LogP contribution >= 0.6 is 0 Å². The molecule has 0 aromatic heterocycles. The predicted molar refractivity (Wildman–Crippen MR) is 120 cm³/mol. The number of sulfonamides is 1. The molecule has 1 aliphatic carbocycles. The van der Waals surface area contributed by atoms with Crippen LogP contribution in [0.1, 0.15) is 57.3 Å². The van der Waals surface area contributed by atoms with E-state index in [1.54, 1.807) is 0 Å². The lowest BCUT2D eigenvalue weighted by Gasteiger charge is -2.34. The van der Waals surface area contributed by atoms with E-state index in [4.69, 9.17) is 9.47 Å². The lowest BCUT2D eigenvalue weighted by Crippen LogP contribution is -2.48. The van der Waals surface area contributed by atoms with Crippen molar-refractivity contribution in [1.82, 2.24) is 9.62 Å². The third-order valence-electron chi connectivity index (χ3n) is 6.48. The van der Waals surface area contributed by atoms with Crippen LogP contribution in [0, 0.1) is 11.8 Å². The molecule has 0 unspecified atom stereocenters. The van der Waals surface area contributed by atoms with Gasteiger partial charge in [0.1, 0.15) is 0 Å². The van der Waals surface area contributed by atoms with E-state index in [-0.39, 0.29) is 47.7 Å². The normalized spacial score (nSPS) is 29.3. The number of morpholine rings is 1. The first-order valence-corrected chi connectivity index (χ1v) is 12.7. The number of rotatable bonds is 6. The van der Waals surface area contributed by atoms with Gasteiger partial charge in [-0.15, -0.1) is 0 Å². The number of amides is 1. The summed E-state index contributed by atoms with van der Waals surface area (Å²) in [4.78, 5) is 24.8. The quantitative estimate of drug-likeness (QED) is 0.647. The van der Waals surface area contributed by atoms with Crippen molar-refractivity contribution in [2.75, 3.05) is 19.7 Å². The number of benzene rings is 1. The highest BCUT2D eigenvalue weighted by molar-refractivity contribution is 7.89. The zero-order chi connectivity index (χ0) is 23.5. The maximum absolute atomic E-state index is 13.1. The number of carbonyl (C=O) groups is 2. The van der Waals surface area contributed by atoms with Crippen molar-refractivity contribution >= 4 is 21.9 Å². The Balaban J connectivity index is 1.61. The molecule has 3 rings (SSSR count). The van der Waals surface area contributed by atoms with Crippen LogP contribution in [0.15, 0.2) is 29.2 Å². The maximum atomic E-state index is 13.1. The van der Waals surface area contributed by atoms with Crippen LogP contribution in [0.4, 0.5) is 0 Å². The number of hydrogen-bond donors (Lipinski definition) is 1. The molecule has 1 saturated heterocycles. The standard InChI is InChI=1S/C23H34N2O6S/c1-15-7-5-10-21(18(15)4)24-22(26)14-30-23(27)19-8-6-9-20(11-19)32(28,29)25-12-16(2)31-17(3)13-25/h6,8-9,11,15-18,21H,5,7,10,12-14H2,1-4H3,(H,24,26)/t15-,16-,17+,18+,21+/m0/s1. The summed E-state index contributed by atoms with van der Waals surface area (Å²) in [5, 5.41) is 2.96. The van der Waals surface area contributed by atoms with E-state index in [9.17, 15) is 18.0 Å². The van der Waals surface area contributed by atoms with Crippen LogP contribution in [0.3, 0.4) is 0 Å². The van der Waals surface area contributed by atoms with Gasteiger partial charge in [-0.25, -0.2) is 13.2 Å². The van der Waals surface area contributed by atoms with Crippen LogP contribution in [0.25, 0.3) is 0 Å². The van der Waals surface area contributed by atoms with E-state index in [1.807, 2.05) is 13.8 Å². The van der Waals surface area contributed by atoms with Gasteiger partial charge in [0, 0.05) is 19.1 Å². The average Bonchev–Trinajstić information content (AvgIpc) is 2.74. The van der Waals surface area contributed by atoms with Crippen molar-refractivity contribution in [2.45, 2.75) is 70.1 Å². The number of hydrogen-bond acceptors (Lipinski definition) is 6. The summed E-state index contributed by atoms with van der Waals surface area (Å²) in [6, 6.07) is 5.81. The van der Waals surface area contributed by atoms with E-state index < -0.39 is 22.6 Å². The first-order chi connectivity index (χ1) is 15.1. The number of nitrogens with zero attached hydrogens (tertiary/aromatic N) is 1. The fourth-order valence-corrected chi connectivity index (χ4v) is 6.15. The molecule has 2 aliphatic rings. The number of carbonyl (C=O) groups excluding carboxylic acids is 2. The first-order valence-electron chi connectivity index (χ1n) is 11.3. The Morgan fingerprint density at radius 2 is 1.81 bits per heavy atom. The van der Waals surface area contributed by atoms with Crippen LogP contribution in [0.2, 0.25) is 0 Å².